The van der Waals surface area contributed by atoms with E-state index in [9.17, 15) is 13.2 Å². The molecular weight excluding hydrogens is 494 g/mol. The van der Waals surface area contributed by atoms with E-state index in [1.165, 1.54) is 6.26 Å². The van der Waals surface area contributed by atoms with Gasteiger partial charge < -0.3 is 20.5 Å². The van der Waals surface area contributed by atoms with Crippen LogP contribution in [-0.2, 0) is 20.1 Å². The normalized spacial score (nSPS) is 23.7. The van der Waals surface area contributed by atoms with E-state index in [2.05, 4.69) is 20.3 Å². The molecule has 37 heavy (non-hydrogen) atoms. The molecule has 2 aliphatic rings. The molecule has 5 rings (SSSR count). The summed E-state index contributed by atoms with van der Waals surface area (Å²) in [5, 5.41) is 4.36. The maximum absolute atomic E-state index is 12.2. The van der Waals surface area contributed by atoms with E-state index in [0.29, 0.717) is 47.0 Å². The fourth-order valence-corrected chi connectivity index (χ4v) is 5.79. The van der Waals surface area contributed by atoms with Gasteiger partial charge in [-0.3, -0.25) is 0 Å². The Morgan fingerprint density at radius 2 is 1.84 bits per heavy atom. The van der Waals surface area contributed by atoms with Gasteiger partial charge >= 0.3 is 5.97 Å². The molecule has 0 amide bonds. The molecular formula is C26H31N5O5S. The van der Waals surface area contributed by atoms with Gasteiger partial charge in [-0.2, -0.15) is 0 Å². The van der Waals surface area contributed by atoms with Gasteiger partial charge in [-0.15, -0.1) is 0 Å². The number of carbonyl (C=O) groups is 1. The molecule has 196 valence electrons. The number of esters is 1. The zero-order valence-electron chi connectivity index (χ0n) is 21.5. The topological polar surface area (TPSA) is 146 Å². The molecule has 0 aromatic carbocycles. The number of nitrogens with one attached hydrogen (secondary N) is 1. The number of nitrogens with zero attached hydrogens (tertiary/aromatic N) is 3. The average Bonchev–Trinajstić information content (AvgIpc) is 2.77. The van der Waals surface area contributed by atoms with Gasteiger partial charge in [0.05, 0.1) is 21.9 Å². The second-order valence-corrected chi connectivity index (χ2v) is 13.0. The lowest BCUT2D eigenvalue weighted by atomic mass is 9.92. The highest BCUT2D eigenvalue weighted by molar-refractivity contribution is 7.91. The van der Waals surface area contributed by atoms with Crippen molar-refractivity contribution in [1.29, 1.82) is 0 Å². The second kappa shape index (κ2) is 8.91. The van der Waals surface area contributed by atoms with E-state index >= 15 is 0 Å². The Balaban J connectivity index is 1.47. The molecule has 1 aliphatic carbocycles. The molecule has 1 fully saturated rings. The standard InChI is InChI=1S/C26H31N5O5S/c1-13-14(2)35-25(32)17-6-7-21(31-23(13)17)30-22-10-18-19(11-28-22)24(29-12-20(18)26(3,4)27)36-15-8-16(9-15)37(5,33)34/h6-7,10-16H,8-9,27H2,1-5H3,(H,28,30,31)/t13-,14-,15-,16-/m0/s1. The van der Waals surface area contributed by atoms with Crippen LogP contribution in [0.25, 0.3) is 10.8 Å². The van der Waals surface area contributed by atoms with Crippen molar-refractivity contribution in [1.82, 2.24) is 15.0 Å². The third-order valence-electron chi connectivity index (χ3n) is 7.19. The zero-order chi connectivity index (χ0) is 26.7. The number of pyridine rings is 3. The van der Waals surface area contributed by atoms with E-state index in [1.54, 1.807) is 24.5 Å². The summed E-state index contributed by atoms with van der Waals surface area (Å²) in [5.41, 5.74) is 7.74. The maximum Gasteiger partial charge on any atom is 0.340 e. The van der Waals surface area contributed by atoms with E-state index < -0.39 is 15.4 Å². The lowest BCUT2D eigenvalue weighted by Crippen LogP contribution is -2.42. The molecule has 1 aliphatic heterocycles. The van der Waals surface area contributed by atoms with Crippen molar-refractivity contribution in [2.45, 2.75) is 69.5 Å². The molecule has 11 heteroatoms. The minimum absolute atomic E-state index is 0.0387. The van der Waals surface area contributed by atoms with Crippen LogP contribution in [0.5, 0.6) is 5.88 Å². The van der Waals surface area contributed by atoms with Crippen LogP contribution in [0.3, 0.4) is 0 Å². The Morgan fingerprint density at radius 1 is 1.11 bits per heavy atom. The molecule has 4 heterocycles. The fraction of sp³-hybridized carbons (Fsp3) is 0.462. The van der Waals surface area contributed by atoms with Crippen LogP contribution in [0.2, 0.25) is 0 Å². The lowest BCUT2D eigenvalue weighted by Gasteiger charge is -2.34. The maximum atomic E-state index is 12.2. The smallest absolute Gasteiger partial charge is 0.340 e. The molecule has 0 unspecified atom stereocenters. The van der Waals surface area contributed by atoms with E-state index in [1.807, 2.05) is 33.8 Å². The first-order chi connectivity index (χ1) is 17.3. The minimum Gasteiger partial charge on any atom is -0.474 e. The number of fused-ring (bicyclic) bond motifs is 2. The molecule has 0 spiro atoms. The monoisotopic (exact) mass is 525 g/mol. The Hall–Kier alpha value is -3.31. The number of aromatic nitrogens is 3. The number of hydrogen-bond donors (Lipinski definition) is 2. The molecule has 10 nitrogen and oxygen atoms in total. The summed E-state index contributed by atoms with van der Waals surface area (Å²) in [6.45, 7) is 7.62. The highest BCUT2D eigenvalue weighted by Crippen LogP contribution is 2.37. The van der Waals surface area contributed by atoms with Crippen LogP contribution in [0.4, 0.5) is 11.6 Å². The third-order valence-corrected chi connectivity index (χ3v) is 8.79. The molecule has 3 aromatic heterocycles. The largest absolute Gasteiger partial charge is 0.474 e. The highest BCUT2D eigenvalue weighted by Gasteiger charge is 2.38. The zero-order valence-corrected chi connectivity index (χ0v) is 22.3. The quantitative estimate of drug-likeness (QED) is 0.458. The highest BCUT2D eigenvalue weighted by atomic mass is 32.2. The first-order valence-corrected chi connectivity index (χ1v) is 14.2. The molecule has 3 aromatic rings. The SMILES string of the molecule is C[C@@H]1OC(=O)c2ccc(Nc3cc4c(C(C)(C)N)cnc(O[C@H]5C[C@H](S(C)(=O)=O)C5)c4cn3)nc2[C@H]1C. The number of nitrogens with two attached hydrogens (primary N) is 1. The Kier molecular flexibility index (Phi) is 6.11. The third kappa shape index (κ3) is 4.85. The molecule has 2 atom stereocenters. The number of anilines is 2. The van der Waals surface area contributed by atoms with Gasteiger partial charge in [0, 0.05) is 42.9 Å². The minimum atomic E-state index is -3.08. The first-order valence-electron chi connectivity index (χ1n) is 12.2. The van der Waals surface area contributed by atoms with E-state index in [4.69, 9.17) is 15.2 Å². The summed E-state index contributed by atoms with van der Waals surface area (Å²) in [5.74, 6) is 1.09. The van der Waals surface area contributed by atoms with Crippen LogP contribution >= 0.6 is 0 Å². The molecule has 3 N–H and O–H groups in total. The Bertz CT molecular complexity index is 1500. The van der Waals surface area contributed by atoms with E-state index in [0.717, 1.165) is 10.9 Å². The van der Waals surface area contributed by atoms with Crippen LogP contribution in [0.15, 0.2) is 30.6 Å². The molecule has 0 bridgehead atoms. The summed E-state index contributed by atoms with van der Waals surface area (Å²) in [6, 6.07) is 5.30. The van der Waals surface area contributed by atoms with Crippen molar-refractivity contribution in [3.63, 3.8) is 0 Å². The van der Waals surface area contributed by atoms with Gasteiger partial charge in [0.2, 0.25) is 5.88 Å². The van der Waals surface area contributed by atoms with Crippen molar-refractivity contribution in [3.05, 3.63) is 47.4 Å². The fourth-order valence-electron chi connectivity index (χ4n) is 4.66. The summed E-state index contributed by atoms with van der Waals surface area (Å²) >= 11 is 0. The Morgan fingerprint density at radius 3 is 2.51 bits per heavy atom. The van der Waals surface area contributed by atoms with Gasteiger partial charge in [0.25, 0.3) is 0 Å². The summed E-state index contributed by atoms with van der Waals surface area (Å²) in [6.07, 6.45) is 5.01. The van der Waals surface area contributed by atoms with Crippen molar-refractivity contribution in [2.24, 2.45) is 5.73 Å². The van der Waals surface area contributed by atoms with Crippen LogP contribution in [-0.4, -0.2) is 53.1 Å². The van der Waals surface area contributed by atoms with Crippen LogP contribution in [0.1, 0.15) is 68.1 Å². The Labute approximate surface area is 215 Å². The van der Waals surface area contributed by atoms with Crippen molar-refractivity contribution in [3.8, 4) is 5.88 Å². The molecule has 0 saturated heterocycles. The molecule has 0 radical (unpaired) electrons. The van der Waals surface area contributed by atoms with Gasteiger partial charge in [0.1, 0.15) is 23.8 Å². The number of carbonyl (C=O) groups excluding carboxylic acids is 1. The van der Waals surface area contributed by atoms with Gasteiger partial charge in [-0.05, 0) is 49.9 Å². The van der Waals surface area contributed by atoms with Crippen molar-refractivity contribution >= 4 is 38.2 Å². The van der Waals surface area contributed by atoms with Crippen molar-refractivity contribution < 1.29 is 22.7 Å². The summed E-state index contributed by atoms with van der Waals surface area (Å²) in [4.78, 5) is 26.0. The predicted octanol–water partition coefficient (Wildman–Crippen LogP) is 3.58. The number of rotatable bonds is 6. The van der Waals surface area contributed by atoms with Gasteiger partial charge in [-0.25, -0.2) is 28.2 Å². The lowest BCUT2D eigenvalue weighted by molar-refractivity contribution is 0.0235. The van der Waals surface area contributed by atoms with E-state index in [-0.39, 0.29) is 29.3 Å². The second-order valence-electron chi connectivity index (χ2n) is 10.6. The number of sulfone groups is 1. The van der Waals surface area contributed by atoms with Crippen molar-refractivity contribution in [2.75, 3.05) is 11.6 Å². The molecule has 1 saturated carbocycles. The van der Waals surface area contributed by atoms with Gasteiger partial charge in [-0.1, -0.05) is 6.92 Å². The summed E-state index contributed by atoms with van der Waals surface area (Å²) < 4.78 is 35.0. The number of cyclic esters (lactones) is 1. The summed E-state index contributed by atoms with van der Waals surface area (Å²) in [7, 11) is -3.08. The predicted molar refractivity (Wildman–Crippen MR) is 140 cm³/mol. The van der Waals surface area contributed by atoms with Gasteiger partial charge in [0.15, 0.2) is 9.84 Å². The van der Waals surface area contributed by atoms with Crippen LogP contribution < -0.4 is 15.8 Å². The average molecular weight is 526 g/mol. The number of ether oxygens (including phenoxy) is 2. The number of hydrogen-bond acceptors (Lipinski definition) is 10. The van der Waals surface area contributed by atoms with Crippen LogP contribution in [0, 0.1) is 0 Å². The first kappa shape index (κ1) is 25.3.